The molecular weight excluding hydrogens is 230 g/mol. The van der Waals surface area contributed by atoms with Crippen LogP contribution in [-0.2, 0) is 5.41 Å². The number of hydrogen-bond donors (Lipinski definition) is 1. The van der Waals surface area contributed by atoms with Crippen LogP contribution in [0.2, 0.25) is 0 Å². The van der Waals surface area contributed by atoms with E-state index < -0.39 is 6.10 Å². The van der Waals surface area contributed by atoms with E-state index in [9.17, 15) is 5.11 Å². The Hall–Kier alpha value is -0.670. The Morgan fingerprint density at radius 1 is 1.35 bits per heavy atom. The summed E-state index contributed by atoms with van der Waals surface area (Å²) in [5, 5.41) is 13.4. The van der Waals surface area contributed by atoms with Crippen LogP contribution in [0, 0.1) is 0 Å². The zero-order chi connectivity index (χ0) is 12.5. The van der Waals surface area contributed by atoms with Gasteiger partial charge in [-0.25, -0.2) is 4.98 Å². The van der Waals surface area contributed by atoms with Crippen molar-refractivity contribution in [3.05, 3.63) is 27.7 Å². The summed E-state index contributed by atoms with van der Waals surface area (Å²) in [5.41, 5.74) is 2.05. The standard InChI is InChI=1S/C14H21NOS/c1-14(2,3)13-15-11(9-17-13)12(16)10-7-5-4-6-8-10/h7,9,12,16H,4-6,8H2,1-3H3. The lowest BCUT2D eigenvalue weighted by molar-refractivity contribution is 0.204. The van der Waals surface area contributed by atoms with Crippen molar-refractivity contribution in [1.29, 1.82) is 0 Å². The minimum Gasteiger partial charge on any atom is -0.382 e. The van der Waals surface area contributed by atoms with E-state index in [1.54, 1.807) is 11.3 Å². The second-order valence-corrected chi connectivity index (χ2v) is 6.61. The molecule has 0 aromatic carbocycles. The summed E-state index contributed by atoms with van der Waals surface area (Å²) >= 11 is 1.65. The summed E-state index contributed by atoms with van der Waals surface area (Å²) < 4.78 is 0. The molecule has 1 aromatic rings. The number of nitrogens with zero attached hydrogens (tertiary/aromatic N) is 1. The molecule has 0 amide bonds. The molecule has 1 unspecified atom stereocenters. The summed E-state index contributed by atoms with van der Waals surface area (Å²) in [5.74, 6) is 0. The fourth-order valence-corrected chi connectivity index (χ4v) is 2.98. The van der Waals surface area contributed by atoms with Crippen molar-refractivity contribution in [2.45, 2.75) is 58.0 Å². The van der Waals surface area contributed by atoms with Crippen molar-refractivity contribution in [3.63, 3.8) is 0 Å². The van der Waals surface area contributed by atoms with Crippen LogP contribution in [-0.4, -0.2) is 10.1 Å². The van der Waals surface area contributed by atoms with Gasteiger partial charge in [-0.3, -0.25) is 0 Å². The third-order valence-electron chi connectivity index (χ3n) is 3.12. The Labute approximate surface area is 107 Å². The summed E-state index contributed by atoms with van der Waals surface area (Å²) in [6, 6.07) is 0. The highest BCUT2D eigenvalue weighted by atomic mass is 32.1. The first-order chi connectivity index (χ1) is 7.98. The van der Waals surface area contributed by atoms with E-state index in [1.807, 2.05) is 5.38 Å². The highest BCUT2D eigenvalue weighted by molar-refractivity contribution is 7.09. The van der Waals surface area contributed by atoms with Crippen LogP contribution in [0.5, 0.6) is 0 Å². The largest absolute Gasteiger partial charge is 0.382 e. The zero-order valence-corrected chi connectivity index (χ0v) is 11.7. The van der Waals surface area contributed by atoms with Gasteiger partial charge in [0.2, 0.25) is 0 Å². The molecule has 0 radical (unpaired) electrons. The molecule has 0 spiro atoms. The maximum Gasteiger partial charge on any atom is 0.118 e. The molecule has 0 bridgehead atoms. The Morgan fingerprint density at radius 2 is 2.12 bits per heavy atom. The molecular formula is C14H21NOS. The average molecular weight is 251 g/mol. The minimum absolute atomic E-state index is 0.0730. The van der Waals surface area contributed by atoms with Gasteiger partial charge in [-0.1, -0.05) is 26.8 Å². The zero-order valence-electron chi connectivity index (χ0n) is 10.9. The normalized spacial score (nSPS) is 18.9. The van der Waals surface area contributed by atoms with E-state index in [-0.39, 0.29) is 5.41 Å². The molecule has 1 heterocycles. The molecule has 1 aliphatic rings. The highest BCUT2D eigenvalue weighted by Gasteiger charge is 2.22. The topological polar surface area (TPSA) is 33.1 Å². The fraction of sp³-hybridized carbons (Fsp3) is 0.643. The molecule has 0 aliphatic heterocycles. The monoisotopic (exact) mass is 251 g/mol. The molecule has 0 fully saturated rings. The van der Waals surface area contributed by atoms with Gasteiger partial charge in [0.05, 0.1) is 10.7 Å². The molecule has 1 aliphatic carbocycles. The van der Waals surface area contributed by atoms with Crippen molar-refractivity contribution in [1.82, 2.24) is 4.98 Å². The molecule has 0 saturated carbocycles. The lowest BCUT2D eigenvalue weighted by atomic mass is 9.94. The summed E-state index contributed by atoms with van der Waals surface area (Å²) in [6.45, 7) is 6.46. The van der Waals surface area contributed by atoms with Crippen LogP contribution in [0.15, 0.2) is 17.0 Å². The lowest BCUT2D eigenvalue weighted by Crippen LogP contribution is -2.11. The number of aromatic nitrogens is 1. The van der Waals surface area contributed by atoms with Crippen LogP contribution >= 0.6 is 11.3 Å². The Bertz CT molecular complexity index is 414. The van der Waals surface area contributed by atoms with E-state index >= 15 is 0 Å². The van der Waals surface area contributed by atoms with Crippen LogP contribution in [0.25, 0.3) is 0 Å². The molecule has 17 heavy (non-hydrogen) atoms. The first-order valence-corrected chi connectivity index (χ1v) is 7.19. The predicted molar refractivity (Wildman–Crippen MR) is 72.3 cm³/mol. The van der Waals surface area contributed by atoms with E-state index in [0.717, 1.165) is 29.1 Å². The van der Waals surface area contributed by atoms with E-state index in [2.05, 4.69) is 31.8 Å². The predicted octanol–water partition coefficient (Wildman–Crippen LogP) is 3.97. The summed E-state index contributed by atoms with van der Waals surface area (Å²) in [4.78, 5) is 4.58. The van der Waals surface area contributed by atoms with Gasteiger partial charge in [0.1, 0.15) is 6.10 Å². The molecule has 2 nitrogen and oxygen atoms in total. The van der Waals surface area contributed by atoms with Crippen molar-refractivity contribution in [3.8, 4) is 0 Å². The first kappa shape index (κ1) is 12.8. The minimum atomic E-state index is -0.484. The summed E-state index contributed by atoms with van der Waals surface area (Å²) in [6.07, 6.45) is 6.26. The average Bonchev–Trinajstić information content (AvgIpc) is 2.78. The molecule has 3 heteroatoms. The van der Waals surface area contributed by atoms with Gasteiger partial charge in [0.15, 0.2) is 0 Å². The van der Waals surface area contributed by atoms with E-state index in [1.165, 1.54) is 12.8 Å². The lowest BCUT2D eigenvalue weighted by Gasteiger charge is -2.17. The fourth-order valence-electron chi connectivity index (χ4n) is 2.06. The van der Waals surface area contributed by atoms with Crippen LogP contribution in [0.1, 0.15) is 63.3 Å². The second kappa shape index (κ2) is 4.91. The van der Waals surface area contributed by atoms with E-state index in [4.69, 9.17) is 0 Å². The van der Waals surface area contributed by atoms with Gasteiger partial charge in [0, 0.05) is 10.8 Å². The highest BCUT2D eigenvalue weighted by Crippen LogP contribution is 2.33. The van der Waals surface area contributed by atoms with Crippen molar-refractivity contribution >= 4 is 11.3 Å². The maximum absolute atomic E-state index is 10.3. The number of thiazole rings is 1. The maximum atomic E-state index is 10.3. The van der Waals surface area contributed by atoms with Crippen LogP contribution in [0.4, 0.5) is 0 Å². The molecule has 1 N–H and O–H groups in total. The third kappa shape index (κ3) is 2.96. The molecule has 94 valence electrons. The number of aliphatic hydroxyl groups is 1. The SMILES string of the molecule is CC(C)(C)c1nc(C(O)C2=CCCCC2)cs1. The number of aliphatic hydroxyl groups excluding tert-OH is 1. The van der Waals surface area contributed by atoms with Crippen molar-refractivity contribution in [2.75, 3.05) is 0 Å². The van der Waals surface area contributed by atoms with Crippen LogP contribution < -0.4 is 0 Å². The van der Waals surface area contributed by atoms with Crippen molar-refractivity contribution < 1.29 is 5.11 Å². The Kier molecular flexibility index (Phi) is 3.69. The van der Waals surface area contributed by atoms with Gasteiger partial charge in [-0.2, -0.15) is 0 Å². The quantitative estimate of drug-likeness (QED) is 0.807. The van der Waals surface area contributed by atoms with Crippen LogP contribution in [0.3, 0.4) is 0 Å². The van der Waals surface area contributed by atoms with Gasteiger partial charge in [-0.05, 0) is 31.3 Å². The first-order valence-electron chi connectivity index (χ1n) is 6.31. The van der Waals surface area contributed by atoms with Crippen molar-refractivity contribution in [2.24, 2.45) is 0 Å². The van der Waals surface area contributed by atoms with Gasteiger partial charge >= 0.3 is 0 Å². The number of allylic oxidation sites excluding steroid dienone is 1. The number of hydrogen-bond acceptors (Lipinski definition) is 3. The number of rotatable bonds is 2. The smallest absolute Gasteiger partial charge is 0.118 e. The second-order valence-electron chi connectivity index (χ2n) is 5.75. The van der Waals surface area contributed by atoms with E-state index in [0.29, 0.717) is 0 Å². The summed E-state index contributed by atoms with van der Waals surface area (Å²) in [7, 11) is 0. The third-order valence-corrected chi connectivity index (χ3v) is 4.41. The van der Waals surface area contributed by atoms with Gasteiger partial charge in [0.25, 0.3) is 0 Å². The molecule has 0 saturated heterocycles. The Balaban J connectivity index is 2.17. The molecule has 1 atom stereocenters. The molecule has 1 aromatic heterocycles. The molecule has 2 rings (SSSR count). The van der Waals surface area contributed by atoms with Gasteiger partial charge in [-0.15, -0.1) is 11.3 Å². The van der Waals surface area contributed by atoms with Gasteiger partial charge < -0.3 is 5.11 Å². The Morgan fingerprint density at radius 3 is 2.65 bits per heavy atom.